The number of nitrogens with one attached hydrogen (secondary N) is 1. The van der Waals surface area contributed by atoms with Crippen LogP contribution in [-0.2, 0) is 27.4 Å². The van der Waals surface area contributed by atoms with Crippen molar-refractivity contribution in [2.45, 2.75) is 84.2 Å². The molecule has 1 aromatic heterocycles. The number of aromatic nitrogens is 1. The fourth-order valence-electron chi connectivity index (χ4n) is 4.74. The Labute approximate surface area is 241 Å². The van der Waals surface area contributed by atoms with Gasteiger partial charge in [-0.2, -0.15) is 0 Å². The Balaban J connectivity index is 1.46. The van der Waals surface area contributed by atoms with E-state index in [1.807, 2.05) is 0 Å². The molecule has 1 aromatic carbocycles. The van der Waals surface area contributed by atoms with E-state index >= 15 is 0 Å². The Morgan fingerprint density at radius 2 is 1.68 bits per heavy atom. The molecule has 1 fully saturated rings. The summed E-state index contributed by atoms with van der Waals surface area (Å²) in [7, 11) is 0. The normalized spacial score (nSPS) is 13.3. The minimum Gasteiger partial charge on any atom is -0.474 e. The lowest BCUT2D eigenvalue weighted by molar-refractivity contribution is -0.156. The first-order valence-electron chi connectivity index (χ1n) is 14.6. The van der Waals surface area contributed by atoms with Gasteiger partial charge in [0.1, 0.15) is 0 Å². The molecular weight excluding hydrogens is 528 g/mol. The van der Waals surface area contributed by atoms with Crippen LogP contribution in [0.5, 0.6) is 0 Å². The van der Waals surface area contributed by atoms with Gasteiger partial charge in [-0.05, 0) is 24.1 Å². The molecule has 1 aliphatic heterocycles. The van der Waals surface area contributed by atoms with Crippen LogP contribution in [0.15, 0.2) is 30.5 Å². The van der Waals surface area contributed by atoms with E-state index in [4.69, 9.17) is 4.74 Å². The van der Waals surface area contributed by atoms with Crippen molar-refractivity contribution in [3.63, 3.8) is 0 Å². The highest BCUT2D eigenvalue weighted by Crippen LogP contribution is 2.25. The summed E-state index contributed by atoms with van der Waals surface area (Å²) in [4.78, 5) is 45.4. The second-order valence-corrected chi connectivity index (χ2v) is 11.4. The maximum atomic E-state index is 12.7. The van der Waals surface area contributed by atoms with Crippen molar-refractivity contribution in [2.75, 3.05) is 37.7 Å². The van der Waals surface area contributed by atoms with Crippen molar-refractivity contribution in [2.24, 2.45) is 0 Å². The number of hydrogen-bond acceptors (Lipinski definition) is 7. The molecule has 1 saturated heterocycles. The summed E-state index contributed by atoms with van der Waals surface area (Å²) in [6.07, 6.45) is 14.1. The molecule has 0 bridgehead atoms. The summed E-state index contributed by atoms with van der Waals surface area (Å²) in [6, 6.07) is 7.02. The molecule has 0 saturated carbocycles. The van der Waals surface area contributed by atoms with Crippen molar-refractivity contribution >= 4 is 34.3 Å². The number of ether oxygens (including phenoxy) is 1. The van der Waals surface area contributed by atoms with E-state index in [0.29, 0.717) is 30.9 Å². The largest absolute Gasteiger partial charge is 0.474 e. The van der Waals surface area contributed by atoms with Crippen molar-refractivity contribution < 1.29 is 24.2 Å². The van der Waals surface area contributed by atoms with Crippen molar-refractivity contribution in [3.8, 4) is 0 Å². The van der Waals surface area contributed by atoms with E-state index in [-0.39, 0.29) is 19.0 Å². The number of benzene rings is 1. The maximum Gasteiger partial charge on any atom is 0.394 e. The van der Waals surface area contributed by atoms with E-state index in [2.05, 4.69) is 22.1 Å². The molecule has 0 aliphatic carbocycles. The zero-order valence-electron chi connectivity index (χ0n) is 23.7. The summed E-state index contributed by atoms with van der Waals surface area (Å²) >= 11 is 1.44. The number of hydrogen-bond donors (Lipinski definition) is 2. The van der Waals surface area contributed by atoms with Gasteiger partial charge < -0.3 is 25.0 Å². The van der Waals surface area contributed by atoms with Crippen LogP contribution < -0.4 is 10.2 Å². The third-order valence-electron chi connectivity index (χ3n) is 7.02. The quantitative estimate of drug-likeness (QED) is 0.197. The topological polar surface area (TPSA) is 112 Å². The third-order valence-corrected chi connectivity index (χ3v) is 8.06. The molecule has 0 radical (unpaired) electrons. The van der Waals surface area contributed by atoms with Gasteiger partial charge in [-0.3, -0.25) is 9.59 Å². The number of aliphatic carboxylic acids is 1. The van der Waals surface area contributed by atoms with Crippen LogP contribution in [0.4, 0.5) is 5.13 Å². The molecule has 10 heteroatoms. The van der Waals surface area contributed by atoms with Gasteiger partial charge in [-0.1, -0.05) is 76.8 Å². The summed E-state index contributed by atoms with van der Waals surface area (Å²) in [5.74, 6) is -2.66. The molecule has 220 valence electrons. The van der Waals surface area contributed by atoms with Crippen molar-refractivity contribution in [1.29, 1.82) is 0 Å². The molecule has 0 spiro atoms. The Morgan fingerprint density at radius 3 is 2.35 bits per heavy atom. The molecule has 2 aromatic rings. The number of morpholine rings is 1. The van der Waals surface area contributed by atoms with Crippen LogP contribution in [0.1, 0.15) is 91.9 Å². The van der Waals surface area contributed by atoms with Gasteiger partial charge in [-0.15, -0.1) is 11.3 Å². The monoisotopic (exact) mass is 572 g/mol. The van der Waals surface area contributed by atoms with Gasteiger partial charge in [0.15, 0.2) is 5.13 Å². The smallest absolute Gasteiger partial charge is 0.394 e. The van der Waals surface area contributed by atoms with E-state index in [9.17, 15) is 19.5 Å². The summed E-state index contributed by atoms with van der Waals surface area (Å²) in [5, 5.41) is 13.2. The van der Waals surface area contributed by atoms with E-state index in [0.717, 1.165) is 35.9 Å². The number of nitrogens with zero attached hydrogens (tertiary/aromatic N) is 3. The van der Waals surface area contributed by atoms with E-state index in [1.54, 1.807) is 30.5 Å². The molecule has 0 atom stereocenters. The fraction of sp³-hybridized carbons (Fsp3) is 0.600. The molecule has 3 rings (SSSR count). The van der Waals surface area contributed by atoms with Crippen LogP contribution in [0.3, 0.4) is 0 Å². The lowest BCUT2D eigenvalue weighted by Gasteiger charge is -2.26. The van der Waals surface area contributed by atoms with Gasteiger partial charge in [0, 0.05) is 42.8 Å². The summed E-state index contributed by atoms with van der Waals surface area (Å²) in [5.41, 5.74) is 1.19. The molecular formula is C30H44N4O5S. The first-order valence-corrected chi connectivity index (χ1v) is 15.5. The zero-order chi connectivity index (χ0) is 28.6. The van der Waals surface area contributed by atoms with Gasteiger partial charge >= 0.3 is 11.9 Å². The van der Waals surface area contributed by atoms with E-state index in [1.165, 1.54) is 67.6 Å². The number of amides is 2. The first kappa shape index (κ1) is 31.5. The van der Waals surface area contributed by atoms with E-state index < -0.39 is 11.9 Å². The summed E-state index contributed by atoms with van der Waals surface area (Å²) in [6.45, 7) is 5.85. The minimum atomic E-state index is -1.51. The Hall–Kier alpha value is -2.98. The highest BCUT2D eigenvalue weighted by Gasteiger charge is 2.23. The number of carboxylic acid groups (broad SMARTS) is 1. The van der Waals surface area contributed by atoms with Gasteiger partial charge in [0.25, 0.3) is 5.91 Å². The molecule has 2 heterocycles. The van der Waals surface area contributed by atoms with Gasteiger partial charge in [0.05, 0.1) is 19.8 Å². The van der Waals surface area contributed by atoms with Crippen molar-refractivity contribution in [1.82, 2.24) is 15.2 Å². The number of thiazole rings is 1. The number of carbonyl (C=O) groups is 3. The minimum absolute atomic E-state index is 0.0789. The van der Waals surface area contributed by atoms with Crippen LogP contribution in [-0.4, -0.2) is 65.6 Å². The molecule has 0 unspecified atom stereocenters. The average Bonchev–Trinajstić information content (AvgIpc) is 3.44. The highest BCUT2D eigenvalue weighted by molar-refractivity contribution is 7.15. The fourth-order valence-corrected chi connectivity index (χ4v) is 5.72. The highest BCUT2D eigenvalue weighted by atomic mass is 32.1. The summed E-state index contributed by atoms with van der Waals surface area (Å²) < 4.78 is 5.39. The molecule has 1 aliphatic rings. The SMILES string of the molecule is CCCCCCCCCCCCNC(=O)c1cccc(CN(Cc2cnc(N3CCOCC3)s2)C(=O)C(=O)O)c1. The molecule has 2 amide bonds. The molecule has 2 N–H and O–H groups in total. The Kier molecular flexibility index (Phi) is 13.9. The Bertz CT molecular complexity index is 1070. The van der Waals surface area contributed by atoms with Crippen LogP contribution in [0, 0.1) is 0 Å². The van der Waals surface area contributed by atoms with Crippen LogP contribution in [0.2, 0.25) is 0 Å². The number of carbonyl (C=O) groups excluding carboxylic acids is 2. The predicted octanol–water partition coefficient (Wildman–Crippen LogP) is 5.24. The maximum absolute atomic E-state index is 12.7. The lowest BCUT2D eigenvalue weighted by atomic mass is 10.1. The van der Waals surface area contributed by atoms with Crippen LogP contribution >= 0.6 is 11.3 Å². The van der Waals surface area contributed by atoms with Crippen LogP contribution in [0.25, 0.3) is 0 Å². The van der Waals surface area contributed by atoms with Gasteiger partial charge in [0.2, 0.25) is 0 Å². The standard InChI is InChI=1S/C30H44N4O5S/c1-2-3-4-5-6-7-8-9-10-11-15-31-27(35)25-14-12-13-24(20-25)22-34(28(36)29(37)38)23-26-21-32-30(40-26)33-16-18-39-19-17-33/h12-14,20-21H,2-11,15-19,22-23H2,1H3,(H,31,35)(H,37,38). The third kappa shape index (κ3) is 10.9. The second kappa shape index (κ2) is 17.7. The van der Waals surface area contributed by atoms with Crippen molar-refractivity contribution in [3.05, 3.63) is 46.5 Å². The second-order valence-electron chi connectivity index (χ2n) is 10.3. The number of carboxylic acids is 1. The number of rotatable bonds is 17. The average molecular weight is 573 g/mol. The number of unbranched alkanes of at least 4 members (excludes halogenated alkanes) is 9. The van der Waals surface area contributed by atoms with Gasteiger partial charge in [-0.25, -0.2) is 9.78 Å². The predicted molar refractivity (Wildman–Crippen MR) is 158 cm³/mol. The zero-order valence-corrected chi connectivity index (χ0v) is 24.6. The molecule has 40 heavy (non-hydrogen) atoms. The first-order chi connectivity index (χ1) is 19.5. The lowest BCUT2D eigenvalue weighted by Crippen LogP contribution is -2.36. The Morgan fingerprint density at radius 1 is 1.00 bits per heavy atom. The number of anilines is 1. The molecule has 9 nitrogen and oxygen atoms in total.